The minimum atomic E-state index is -1.11. The summed E-state index contributed by atoms with van der Waals surface area (Å²) in [6.07, 6.45) is -1.11. The summed E-state index contributed by atoms with van der Waals surface area (Å²) >= 11 is 0. The van der Waals surface area contributed by atoms with Gasteiger partial charge in [0.1, 0.15) is 5.60 Å². The molecule has 2 rings (SSSR count). The molecule has 2 aromatic carbocycles. The lowest BCUT2D eigenvalue weighted by atomic mass is 10.0. The van der Waals surface area contributed by atoms with Crippen LogP contribution in [0.2, 0.25) is 0 Å². The van der Waals surface area contributed by atoms with Crippen LogP contribution < -0.4 is 0 Å². The van der Waals surface area contributed by atoms with Gasteiger partial charge in [-0.3, -0.25) is 0 Å². The van der Waals surface area contributed by atoms with E-state index in [0.29, 0.717) is 5.56 Å². The van der Waals surface area contributed by atoms with E-state index in [1.165, 1.54) is 6.47 Å². The van der Waals surface area contributed by atoms with Crippen LogP contribution in [0.25, 0.3) is 11.1 Å². The van der Waals surface area contributed by atoms with Crippen molar-refractivity contribution in [2.45, 2.75) is 32.5 Å². The Balaban J connectivity index is 2.23. The van der Waals surface area contributed by atoms with E-state index in [1.807, 2.05) is 42.5 Å². The van der Waals surface area contributed by atoms with E-state index >= 15 is 0 Å². The molecule has 119 valence electrons. The first-order chi connectivity index (χ1) is 10.9. The zero-order chi connectivity index (χ0) is 16.9. The van der Waals surface area contributed by atoms with Crippen LogP contribution in [0.4, 0.5) is 0 Å². The lowest BCUT2D eigenvalue weighted by Gasteiger charge is -2.23. The van der Waals surface area contributed by atoms with Crippen molar-refractivity contribution in [3.63, 3.8) is 0 Å². The van der Waals surface area contributed by atoms with Gasteiger partial charge >= 0.3 is 12.4 Å². The van der Waals surface area contributed by atoms with Gasteiger partial charge in [-0.25, -0.2) is 9.59 Å². The molecule has 0 saturated heterocycles. The third-order valence-electron chi connectivity index (χ3n) is 3.11. The van der Waals surface area contributed by atoms with Gasteiger partial charge in [0, 0.05) is 5.56 Å². The second-order valence-corrected chi connectivity index (χ2v) is 6.10. The Bertz CT molecular complexity index is 654. The van der Waals surface area contributed by atoms with Crippen molar-refractivity contribution in [1.82, 2.24) is 0 Å². The first kappa shape index (κ1) is 16.7. The van der Waals surface area contributed by atoms with Gasteiger partial charge < -0.3 is 9.47 Å². The highest BCUT2D eigenvalue weighted by atomic mass is 16.6. The maximum absolute atomic E-state index is 12.2. The molecule has 0 heterocycles. The summed E-state index contributed by atoms with van der Waals surface area (Å²) in [4.78, 5) is 22.8. The largest absolute Gasteiger partial charge is 0.457 e. The summed E-state index contributed by atoms with van der Waals surface area (Å²) in [5.41, 5.74) is 1.95. The Morgan fingerprint density at radius 3 is 2.04 bits per heavy atom. The highest BCUT2D eigenvalue weighted by Crippen LogP contribution is 2.25. The lowest BCUT2D eigenvalue weighted by Crippen LogP contribution is -2.28. The van der Waals surface area contributed by atoms with Gasteiger partial charge in [0.2, 0.25) is 6.10 Å². The molecule has 4 nitrogen and oxygen atoms in total. The molecule has 1 unspecified atom stereocenters. The van der Waals surface area contributed by atoms with Crippen molar-refractivity contribution < 1.29 is 19.1 Å². The second kappa shape index (κ2) is 7.09. The van der Waals surface area contributed by atoms with Gasteiger partial charge in [0.05, 0.1) is 0 Å². The molecular weight excluding hydrogens is 292 g/mol. The number of carbonyl (C=O) groups excluding carboxylic acids is 2. The predicted molar refractivity (Wildman–Crippen MR) is 87.2 cm³/mol. The zero-order valence-electron chi connectivity index (χ0n) is 13.4. The van der Waals surface area contributed by atoms with Crippen LogP contribution in [0.15, 0.2) is 54.6 Å². The predicted octanol–water partition coefficient (Wildman–Crippen LogP) is 3.82. The first-order valence-electron chi connectivity index (χ1n) is 7.32. The SMILES string of the molecule is CC(C)(C)OC(=O)C(O[C]=O)c1ccc(-c2ccccc2)cc1. The lowest BCUT2D eigenvalue weighted by molar-refractivity contribution is -0.164. The minimum absolute atomic E-state index is 0.544. The molecule has 0 bridgehead atoms. The number of rotatable bonds is 5. The quantitative estimate of drug-likeness (QED) is 0.788. The normalized spacial score (nSPS) is 12.3. The Labute approximate surface area is 136 Å². The number of benzene rings is 2. The van der Waals surface area contributed by atoms with Crippen LogP contribution in [0.5, 0.6) is 0 Å². The van der Waals surface area contributed by atoms with E-state index in [1.54, 1.807) is 32.9 Å². The van der Waals surface area contributed by atoms with E-state index < -0.39 is 17.7 Å². The number of hydrogen-bond donors (Lipinski definition) is 0. The van der Waals surface area contributed by atoms with E-state index in [0.717, 1.165) is 11.1 Å². The van der Waals surface area contributed by atoms with Gasteiger partial charge in [-0.15, -0.1) is 0 Å². The molecule has 0 aromatic heterocycles. The fourth-order valence-corrected chi connectivity index (χ4v) is 2.14. The molecule has 0 aliphatic rings. The van der Waals surface area contributed by atoms with Crippen molar-refractivity contribution >= 4 is 12.4 Å². The van der Waals surface area contributed by atoms with Crippen molar-refractivity contribution in [2.75, 3.05) is 0 Å². The summed E-state index contributed by atoms with van der Waals surface area (Å²) < 4.78 is 10.1. The van der Waals surface area contributed by atoms with Crippen LogP contribution in [0, 0.1) is 0 Å². The minimum Gasteiger partial charge on any atom is -0.457 e. The van der Waals surface area contributed by atoms with Crippen LogP contribution >= 0.6 is 0 Å². The average molecular weight is 311 g/mol. The molecule has 0 aliphatic carbocycles. The molecule has 23 heavy (non-hydrogen) atoms. The third-order valence-corrected chi connectivity index (χ3v) is 3.11. The van der Waals surface area contributed by atoms with E-state index in [9.17, 15) is 9.59 Å². The van der Waals surface area contributed by atoms with E-state index in [-0.39, 0.29) is 0 Å². The number of ether oxygens (including phenoxy) is 2. The topological polar surface area (TPSA) is 52.6 Å². The molecule has 0 N–H and O–H groups in total. The van der Waals surface area contributed by atoms with Crippen LogP contribution in [0.1, 0.15) is 32.4 Å². The summed E-state index contributed by atoms with van der Waals surface area (Å²) in [6.45, 7) is 6.59. The number of carbonyl (C=O) groups is 1. The fraction of sp³-hybridized carbons (Fsp3) is 0.263. The standard InChI is InChI=1S/C19H19O4/c1-19(2,3)23-18(21)17(22-13-20)16-11-9-15(10-12-16)14-7-5-4-6-8-14/h4-12,17H,1-3H3. The molecular formula is C19H19O4. The smallest absolute Gasteiger partial charge is 0.418 e. The van der Waals surface area contributed by atoms with Crippen LogP contribution in [-0.2, 0) is 19.1 Å². The van der Waals surface area contributed by atoms with Crippen LogP contribution in [-0.4, -0.2) is 18.0 Å². The van der Waals surface area contributed by atoms with E-state index in [4.69, 9.17) is 9.47 Å². The number of hydrogen-bond acceptors (Lipinski definition) is 4. The zero-order valence-corrected chi connectivity index (χ0v) is 13.4. The Morgan fingerprint density at radius 1 is 0.957 bits per heavy atom. The first-order valence-corrected chi connectivity index (χ1v) is 7.32. The monoisotopic (exact) mass is 311 g/mol. The van der Waals surface area contributed by atoms with Crippen molar-refractivity contribution in [1.29, 1.82) is 0 Å². The fourth-order valence-electron chi connectivity index (χ4n) is 2.14. The molecule has 1 radical (unpaired) electrons. The van der Waals surface area contributed by atoms with Gasteiger partial charge in [-0.1, -0.05) is 54.6 Å². The van der Waals surface area contributed by atoms with E-state index in [2.05, 4.69) is 0 Å². The molecule has 0 aliphatic heterocycles. The highest BCUT2D eigenvalue weighted by molar-refractivity contribution is 5.78. The molecule has 0 saturated carbocycles. The van der Waals surface area contributed by atoms with Gasteiger partial charge in [-0.2, -0.15) is 0 Å². The van der Waals surface area contributed by atoms with Gasteiger partial charge in [0.25, 0.3) is 0 Å². The summed E-state index contributed by atoms with van der Waals surface area (Å²) in [5.74, 6) is -0.617. The third kappa shape index (κ3) is 4.68. The molecule has 2 aromatic rings. The van der Waals surface area contributed by atoms with Crippen molar-refractivity contribution in [3.05, 3.63) is 60.2 Å². The maximum atomic E-state index is 12.2. The molecule has 0 amide bonds. The summed E-state index contributed by atoms with van der Waals surface area (Å²) in [6, 6.07) is 17.1. The Kier molecular flexibility index (Phi) is 5.16. The average Bonchev–Trinajstić information content (AvgIpc) is 2.52. The van der Waals surface area contributed by atoms with Gasteiger partial charge in [0.15, 0.2) is 0 Å². The molecule has 1 atom stereocenters. The van der Waals surface area contributed by atoms with Gasteiger partial charge in [-0.05, 0) is 31.9 Å². The molecule has 0 spiro atoms. The van der Waals surface area contributed by atoms with Crippen molar-refractivity contribution in [3.8, 4) is 11.1 Å². The highest BCUT2D eigenvalue weighted by Gasteiger charge is 2.28. The summed E-state index contributed by atoms with van der Waals surface area (Å²) in [5, 5.41) is 0. The number of esters is 1. The second-order valence-electron chi connectivity index (χ2n) is 6.10. The summed E-state index contributed by atoms with van der Waals surface area (Å²) in [7, 11) is 0. The Morgan fingerprint density at radius 2 is 1.52 bits per heavy atom. The van der Waals surface area contributed by atoms with Crippen LogP contribution in [0.3, 0.4) is 0 Å². The molecule has 4 heteroatoms. The molecule has 0 fully saturated rings. The maximum Gasteiger partial charge on any atom is 0.418 e. The van der Waals surface area contributed by atoms with Crippen molar-refractivity contribution in [2.24, 2.45) is 0 Å². The Hall–Kier alpha value is -2.62.